The monoisotopic (exact) mass is 418 g/mol. The van der Waals surface area contributed by atoms with Gasteiger partial charge < -0.3 is 9.42 Å². The van der Waals surface area contributed by atoms with Gasteiger partial charge in [0, 0.05) is 44.6 Å². The number of likely N-dealkylation sites (tertiary alicyclic amines) is 1. The molecule has 2 saturated heterocycles. The zero-order chi connectivity index (χ0) is 20.3. The first-order valence-corrected chi connectivity index (χ1v) is 11.7. The first kappa shape index (κ1) is 20.0. The van der Waals surface area contributed by atoms with Gasteiger partial charge in [0.15, 0.2) is 0 Å². The third-order valence-electron chi connectivity index (χ3n) is 5.54. The van der Waals surface area contributed by atoms with E-state index in [0.717, 1.165) is 38.8 Å². The highest BCUT2D eigenvalue weighted by Crippen LogP contribution is 2.24. The molecule has 9 heteroatoms. The molecule has 0 unspecified atom stereocenters. The summed E-state index contributed by atoms with van der Waals surface area (Å²) in [7, 11) is -3.43. The van der Waals surface area contributed by atoms with Crippen molar-refractivity contribution >= 4 is 15.9 Å². The number of rotatable bonds is 6. The van der Waals surface area contributed by atoms with Crippen LogP contribution in [0.1, 0.15) is 44.4 Å². The van der Waals surface area contributed by atoms with Gasteiger partial charge in [-0.3, -0.25) is 4.79 Å². The molecule has 0 radical (unpaired) electrons. The van der Waals surface area contributed by atoms with Crippen molar-refractivity contribution in [3.05, 3.63) is 30.2 Å². The topological polar surface area (TPSA) is 96.6 Å². The Kier molecular flexibility index (Phi) is 5.96. The number of nitrogens with zero attached hydrogens (tertiary/aromatic N) is 4. The smallest absolute Gasteiger partial charge is 0.243 e. The Morgan fingerprint density at radius 1 is 0.966 bits per heavy atom. The maximum Gasteiger partial charge on any atom is 0.243 e. The standard InChI is InChI=1S/C20H26N4O4S/c25-19(23-12-2-1-3-13-23)11-10-18-21-20(22-28-18)16-6-8-17(9-7-16)29(26,27)24-14-4-5-15-24/h6-9H,1-5,10-15H2. The number of piperidine rings is 1. The number of sulfonamides is 1. The van der Waals surface area contributed by atoms with Gasteiger partial charge in [0.1, 0.15) is 0 Å². The van der Waals surface area contributed by atoms with Crippen molar-refractivity contribution in [2.45, 2.75) is 49.8 Å². The van der Waals surface area contributed by atoms with Crippen LogP contribution < -0.4 is 0 Å². The van der Waals surface area contributed by atoms with E-state index in [4.69, 9.17) is 4.52 Å². The number of aryl methyl sites for hydroxylation is 1. The minimum atomic E-state index is -3.43. The molecular weight excluding hydrogens is 392 g/mol. The molecule has 0 N–H and O–H groups in total. The molecule has 1 amide bonds. The Balaban J connectivity index is 1.38. The van der Waals surface area contributed by atoms with Crippen LogP contribution in [-0.4, -0.2) is 59.8 Å². The van der Waals surface area contributed by atoms with Crippen LogP contribution in [0.5, 0.6) is 0 Å². The molecule has 0 aliphatic carbocycles. The summed E-state index contributed by atoms with van der Waals surface area (Å²) in [6, 6.07) is 6.55. The zero-order valence-corrected chi connectivity index (χ0v) is 17.2. The van der Waals surface area contributed by atoms with E-state index >= 15 is 0 Å². The molecule has 2 aromatic rings. The number of aromatic nitrogens is 2. The highest BCUT2D eigenvalue weighted by Gasteiger charge is 2.27. The van der Waals surface area contributed by atoms with Gasteiger partial charge in [0.2, 0.25) is 27.6 Å². The van der Waals surface area contributed by atoms with Gasteiger partial charge >= 0.3 is 0 Å². The van der Waals surface area contributed by atoms with Crippen molar-refractivity contribution in [3.63, 3.8) is 0 Å². The second-order valence-corrected chi connectivity index (χ2v) is 9.53. The Bertz CT molecular complexity index is 943. The van der Waals surface area contributed by atoms with Crippen molar-refractivity contribution in [1.82, 2.24) is 19.3 Å². The number of amides is 1. The first-order valence-electron chi connectivity index (χ1n) is 10.2. The van der Waals surface area contributed by atoms with E-state index in [0.29, 0.717) is 43.2 Å². The highest BCUT2D eigenvalue weighted by molar-refractivity contribution is 7.89. The van der Waals surface area contributed by atoms with Crippen molar-refractivity contribution in [2.75, 3.05) is 26.2 Å². The SMILES string of the molecule is O=C(CCc1nc(-c2ccc(S(=O)(=O)N3CCCC3)cc2)no1)N1CCCCC1. The molecule has 4 rings (SSSR count). The maximum absolute atomic E-state index is 12.6. The van der Waals surface area contributed by atoms with E-state index in [1.165, 1.54) is 10.7 Å². The third-order valence-corrected chi connectivity index (χ3v) is 7.46. The molecular formula is C20H26N4O4S. The lowest BCUT2D eigenvalue weighted by Gasteiger charge is -2.26. The van der Waals surface area contributed by atoms with E-state index in [9.17, 15) is 13.2 Å². The average Bonchev–Trinajstić information content (AvgIpc) is 3.45. The fraction of sp³-hybridized carbons (Fsp3) is 0.550. The second kappa shape index (κ2) is 8.62. The lowest BCUT2D eigenvalue weighted by molar-refractivity contribution is -0.132. The second-order valence-electron chi connectivity index (χ2n) is 7.59. The van der Waals surface area contributed by atoms with Gasteiger partial charge in [-0.15, -0.1) is 0 Å². The molecule has 0 atom stereocenters. The first-order chi connectivity index (χ1) is 14.0. The lowest BCUT2D eigenvalue weighted by Crippen LogP contribution is -2.35. The van der Waals surface area contributed by atoms with Crippen LogP contribution >= 0.6 is 0 Å². The fourth-order valence-corrected chi connectivity index (χ4v) is 5.36. The predicted octanol–water partition coefficient (Wildman–Crippen LogP) is 2.47. The minimum Gasteiger partial charge on any atom is -0.343 e. The van der Waals surface area contributed by atoms with Crippen LogP contribution in [0.4, 0.5) is 0 Å². The molecule has 156 valence electrons. The van der Waals surface area contributed by atoms with Crippen LogP contribution in [0.15, 0.2) is 33.7 Å². The lowest BCUT2D eigenvalue weighted by atomic mass is 10.1. The van der Waals surface area contributed by atoms with Crippen LogP contribution in [0.2, 0.25) is 0 Å². The van der Waals surface area contributed by atoms with Crippen LogP contribution in [-0.2, 0) is 21.2 Å². The van der Waals surface area contributed by atoms with E-state index < -0.39 is 10.0 Å². The van der Waals surface area contributed by atoms with E-state index in [1.807, 2.05) is 4.90 Å². The van der Waals surface area contributed by atoms with Crippen LogP contribution in [0, 0.1) is 0 Å². The molecule has 0 saturated carbocycles. The van der Waals surface area contributed by atoms with Gasteiger partial charge in [-0.1, -0.05) is 5.16 Å². The summed E-state index contributed by atoms with van der Waals surface area (Å²) in [5.41, 5.74) is 0.683. The number of hydrogen-bond donors (Lipinski definition) is 0. The van der Waals surface area contributed by atoms with Gasteiger partial charge in [-0.2, -0.15) is 9.29 Å². The predicted molar refractivity (Wildman–Crippen MR) is 106 cm³/mol. The van der Waals surface area contributed by atoms with Gasteiger partial charge in [-0.05, 0) is 56.4 Å². The van der Waals surface area contributed by atoms with Gasteiger partial charge in [-0.25, -0.2) is 8.42 Å². The zero-order valence-electron chi connectivity index (χ0n) is 16.4. The molecule has 0 spiro atoms. The Morgan fingerprint density at radius 2 is 1.62 bits per heavy atom. The fourth-order valence-electron chi connectivity index (χ4n) is 3.84. The van der Waals surface area contributed by atoms with E-state index in [-0.39, 0.29) is 10.8 Å². The van der Waals surface area contributed by atoms with Gasteiger partial charge in [0.05, 0.1) is 4.90 Å². The highest BCUT2D eigenvalue weighted by atomic mass is 32.2. The number of carbonyl (C=O) groups excluding carboxylic acids is 1. The Hall–Kier alpha value is -2.26. The van der Waals surface area contributed by atoms with Crippen LogP contribution in [0.25, 0.3) is 11.4 Å². The largest absolute Gasteiger partial charge is 0.343 e. The molecule has 3 heterocycles. The molecule has 8 nitrogen and oxygen atoms in total. The quantitative estimate of drug-likeness (QED) is 0.715. The average molecular weight is 419 g/mol. The van der Waals surface area contributed by atoms with Crippen molar-refractivity contribution in [2.24, 2.45) is 0 Å². The minimum absolute atomic E-state index is 0.126. The number of hydrogen-bond acceptors (Lipinski definition) is 6. The van der Waals surface area contributed by atoms with Crippen molar-refractivity contribution in [3.8, 4) is 11.4 Å². The molecule has 1 aromatic heterocycles. The maximum atomic E-state index is 12.6. The summed E-state index contributed by atoms with van der Waals surface area (Å²) >= 11 is 0. The Labute approximate surface area is 170 Å². The third kappa shape index (κ3) is 4.51. The van der Waals surface area contributed by atoms with E-state index in [2.05, 4.69) is 10.1 Å². The van der Waals surface area contributed by atoms with Crippen molar-refractivity contribution in [1.29, 1.82) is 0 Å². The molecule has 2 aliphatic rings. The molecule has 2 fully saturated rings. The van der Waals surface area contributed by atoms with E-state index in [1.54, 1.807) is 24.3 Å². The number of carbonyl (C=O) groups is 1. The molecule has 0 bridgehead atoms. The summed E-state index contributed by atoms with van der Waals surface area (Å²) in [6.45, 7) is 2.82. The molecule has 29 heavy (non-hydrogen) atoms. The normalized spacial score (nSPS) is 18.3. The summed E-state index contributed by atoms with van der Waals surface area (Å²) in [4.78, 5) is 18.8. The Morgan fingerprint density at radius 3 is 2.31 bits per heavy atom. The number of benzene rings is 1. The molecule has 2 aliphatic heterocycles. The van der Waals surface area contributed by atoms with Crippen molar-refractivity contribution < 1.29 is 17.7 Å². The summed E-state index contributed by atoms with van der Waals surface area (Å²) in [5.74, 6) is 0.940. The summed E-state index contributed by atoms with van der Waals surface area (Å²) < 4.78 is 32.0. The summed E-state index contributed by atoms with van der Waals surface area (Å²) in [5, 5.41) is 3.98. The van der Waals surface area contributed by atoms with Crippen LogP contribution in [0.3, 0.4) is 0 Å². The summed E-state index contributed by atoms with van der Waals surface area (Å²) in [6.07, 6.45) is 5.90. The van der Waals surface area contributed by atoms with Gasteiger partial charge in [0.25, 0.3) is 0 Å². The molecule has 1 aromatic carbocycles.